The van der Waals surface area contributed by atoms with Crippen molar-refractivity contribution in [3.63, 3.8) is 0 Å². The van der Waals surface area contributed by atoms with Crippen molar-refractivity contribution >= 4 is 0 Å². The molecule has 1 nitrogen and oxygen atoms in total. The average molecular weight is 204 g/mol. The molecule has 15 heavy (non-hydrogen) atoms. The SMILES string of the molecule is Cc1cccc(C2(O)CCCCCC2)c1. The summed E-state index contributed by atoms with van der Waals surface area (Å²) in [6.45, 7) is 2.09. The Morgan fingerprint density at radius 3 is 2.33 bits per heavy atom. The molecule has 0 spiro atoms. The molecule has 0 amide bonds. The second kappa shape index (κ2) is 4.36. The van der Waals surface area contributed by atoms with Gasteiger partial charge in [0.2, 0.25) is 0 Å². The molecule has 0 bridgehead atoms. The van der Waals surface area contributed by atoms with E-state index in [0.29, 0.717) is 0 Å². The molecule has 0 aromatic heterocycles. The topological polar surface area (TPSA) is 20.2 Å². The van der Waals surface area contributed by atoms with Gasteiger partial charge in [-0.15, -0.1) is 0 Å². The standard InChI is InChI=1S/C14H20O/c1-12-7-6-8-13(11-12)14(15)9-4-2-3-5-10-14/h6-8,11,15H,2-5,9-10H2,1H3. The van der Waals surface area contributed by atoms with Crippen molar-refractivity contribution in [3.05, 3.63) is 35.4 Å². The lowest BCUT2D eigenvalue weighted by molar-refractivity contribution is 0.0207. The summed E-state index contributed by atoms with van der Waals surface area (Å²) in [5.74, 6) is 0. The van der Waals surface area contributed by atoms with Crippen molar-refractivity contribution in [1.82, 2.24) is 0 Å². The Hall–Kier alpha value is -0.820. The molecular formula is C14H20O. The maximum atomic E-state index is 10.6. The average Bonchev–Trinajstić information content (AvgIpc) is 2.44. The van der Waals surface area contributed by atoms with E-state index in [4.69, 9.17) is 0 Å². The van der Waals surface area contributed by atoms with Crippen LogP contribution in [0.5, 0.6) is 0 Å². The van der Waals surface area contributed by atoms with Crippen molar-refractivity contribution in [2.75, 3.05) is 0 Å². The molecule has 1 aromatic carbocycles. The molecule has 1 fully saturated rings. The van der Waals surface area contributed by atoms with Crippen LogP contribution in [0.2, 0.25) is 0 Å². The lowest BCUT2D eigenvalue weighted by Crippen LogP contribution is -2.24. The van der Waals surface area contributed by atoms with E-state index >= 15 is 0 Å². The molecular weight excluding hydrogens is 184 g/mol. The molecule has 0 unspecified atom stereocenters. The van der Waals surface area contributed by atoms with Gasteiger partial charge in [0.25, 0.3) is 0 Å². The predicted molar refractivity (Wildman–Crippen MR) is 62.8 cm³/mol. The Labute approximate surface area is 92.1 Å². The van der Waals surface area contributed by atoms with Gasteiger partial charge in [-0.3, -0.25) is 0 Å². The van der Waals surface area contributed by atoms with Crippen LogP contribution in [0.15, 0.2) is 24.3 Å². The first-order chi connectivity index (χ1) is 7.21. The monoisotopic (exact) mass is 204 g/mol. The minimum Gasteiger partial charge on any atom is -0.385 e. The highest BCUT2D eigenvalue weighted by Crippen LogP contribution is 2.35. The molecule has 0 aliphatic heterocycles. The third-order valence-electron chi connectivity index (χ3n) is 3.49. The van der Waals surface area contributed by atoms with Gasteiger partial charge in [0.15, 0.2) is 0 Å². The van der Waals surface area contributed by atoms with Crippen molar-refractivity contribution < 1.29 is 5.11 Å². The van der Waals surface area contributed by atoms with Crippen LogP contribution in [-0.4, -0.2) is 5.11 Å². The van der Waals surface area contributed by atoms with Crippen LogP contribution in [0.3, 0.4) is 0 Å². The number of hydrogen-bond donors (Lipinski definition) is 1. The molecule has 0 atom stereocenters. The smallest absolute Gasteiger partial charge is 0.0896 e. The Balaban J connectivity index is 2.26. The van der Waals surface area contributed by atoms with Crippen LogP contribution in [0.25, 0.3) is 0 Å². The molecule has 1 aliphatic rings. The Kier molecular flexibility index (Phi) is 3.11. The summed E-state index contributed by atoms with van der Waals surface area (Å²) in [5.41, 5.74) is 1.80. The number of aliphatic hydroxyl groups is 1. The molecule has 0 saturated heterocycles. The zero-order chi connectivity index (χ0) is 10.7. The van der Waals surface area contributed by atoms with Gasteiger partial charge in [-0.2, -0.15) is 0 Å². The van der Waals surface area contributed by atoms with Gasteiger partial charge in [-0.25, -0.2) is 0 Å². The van der Waals surface area contributed by atoms with E-state index in [1.54, 1.807) is 0 Å². The highest BCUT2D eigenvalue weighted by Gasteiger charge is 2.29. The van der Waals surface area contributed by atoms with Crippen molar-refractivity contribution in [2.45, 2.75) is 51.0 Å². The lowest BCUT2D eigenvalue weighted by atomic mass is 9.86. The fourth-order valence-corrected chi connectivity index (χ4v) is 2.54. The number of aryl methyl sites for hydroxylation is 1. The number of rotatable bonds is 1. The first kappa shape index (κ1) is 10.7. The molecule has 1 heteroatoms. The predicted octanol–water partition coefficient (Wildman–Crippen LogP) is 3.54. The maximum absolute atomic E-state index is 10.6. The lowest BCUT2D eigenvalue weighted by Gasteiger charge is -2.27. The van der Waals surface area contributed by atoms with E-state index in [0.717, 1.165) is 31.2 Å². The minimum absolute atomic E-state index is 0.553. The summed E-state index contributed by atoms with van der Waals surface area (Å²) in [6.07, 6.45) is 6.71. The van der Waals surface area contributed by atoms with Gasteiger partial charge in [-0.1, -0.05) is 55.5 Å². The van der Waals surface area contributed by atoms with E-state index in [1.165, 1.54) is 18.4 Å². The molecule has 0 heterocycles. The zero-order valence-electron chi connectivity index (χ0n) is 9.50. The minimum atomic E-state index is -0.553. The second-order valence-corrected chi connectivity index (χ2v) is 4.82. The van der Waals surface area contributed by atoms with Gasteiger partial charge in [0.05, 0.1) is 5.60 Å². The van der Waals surface area contributed by atoms with Crippen LogP contribution >= 0.6 is 0 Å². The highest BCUT2D eigenvalue weighted by atomic mass is 16.3. The Bertz CT molecular complexity index is 322. The van der Waals surface area contributed by atoms with E-state index in [-0.39, 0.29) is 0 Å². The zero-order valence-corrected chi connectivity index (χ0v) is 9.50. The van der Waals surface area contributed by atoms with E-state index in [2.05, 4.69) is 25.1 Å². The fourth-order valence-electron chi connectivity index (χ4n) is 2.54. The van der Waals surface area contributed by atoms with E-state index in [9.17, 15) is 5.11 Å². The van der Waals surface area contributed by atoms with Crippen molar-refractivity contribution in [1.29, 1.82) is 0 Å². The molecule has 1 saturated carbocycles. The summed E-state index contributed by atoms with van der Waals surface area (Å²) < 4.78 is 0. The van der Waals surface area contributed by atoms with Gasteiger partial charge in [0.1, 0.15) is 0 Å². The summed E-state index contributed by atoms with van der Waals surface area (Å²) in [5, 5.41) is 10.6. The highest BCUT2D eigenvalue weighted by molar-refractivity contribution is 5.27. The summed E-state index contributed by atoms with van der Waals surface area (Å²) in [7, 11) is 0. The third kappa shape index (κ3) is 2.40. The Morgan fingerprint density at radius 1 is 1.07 bits per heavy atom. The molecule has 1 aliphatic carbocycles. The molecule has 2 rings (SSSR count). The van der Waals surface area contributed by atoms with Crippen LogP contribution in [0, 0.1) is 6.92 Å². The van der Waals surface area contributed by atoms with Gasteiger partial charge in [-0.05, 0) is 25.3 Å². The largest absolute Gasteiger partial charge is 0.385 e. The summed E-state index contributed by atoms with van der Waals surface area (Å²) >= 11 is 0. The van der Waals surface area contributed by atoms with Crippen LogP contribution in [0.4, 0.5) is 0 Å². The summed E-state index contributed by atoms with van der Waals surface area (Å²) in [6, 6.07) is 8.33. The fraction of sp³-hybridized carbons (Fsp3) is 0.571. The molecule has 0 radical (unpaired) electrons. The van der Waals surface area contributed by atoms with Crippen LogP contribution in [0.1, 0.15) is 49.7 Å². The molecule has 1 N–H and O–H groups in total. The van der Waals surface area contributed by atoms with E-state index in [1.807, 2.05) is 6.07 Å². The third-order valence-corrected chi connectivity index (χ3v) is 3.49. The van der Waals surface area contributed by atoms with Crippen molar-refractivity contribution in [3.8, 4) is 0 Å². The van der Waals surface area contributed by atoms with Crippen LogP contribution < -0.4 is 0 Å². The number of benzene rings is 1. The first-order valence-corrected chi connectivity index (χ1v) is 6.00. The molecule has 82 valence electrons. The number of hydrogen-bond acceptors (Lipinski definition) is 1. The quantitative estimate of drug-likeness (QED) is 0.694. The first-order valence-electron chi connectivity index (χ1n) is 6.00. The van der Waals surface area contributed by atoms with E-state index < -0.39 is 5.60 Å². The maximum Gasteiger partial charge on any atom is 0.0896 e. The van der Waals surface area contributed by atoms with Gasteiger partial charge >= 0.3 is 0 Å². The normalized spacial score (nSPS) is 20.9. The summed E-state index contributed by atoms with van der Waals surface area (Å²) in [4.78, 5) is 0. The van der Waals surface area contributed by atoms with Gasteiger partial charge in [0, 0.05) is 0 Å². The Morgan fingerprint density at radius 2 is 1.73 bits per heavy atom. The van der Waals surface area contributed by atoms with Gasteiger partial charge < -0.3 is 5.11 Å². The van der Waals surface area contributed by atoms with Crippen LogP contribution in [-0.2, 0) is 5.60 Å². The molecule has 1 aromatic rings. The van der Waals surface area contributed by atoms with Crippen molar-refractivity contribution in [2.24, 2.45) is 0 Å². The second-order valence-electron chi connectivity index (χ2n) is 4.82.